The van der Waals surface area contributed by atoms with E-state index in [1.807, 2.05) is 61.6 Å². The summed E-state index contributed by atoms with van der Waals surface area (Å²) in [6, 6.07) is 8.35. The predicted molar refractivity (Wildman–Crippen MR) is 138 cm³/mol. The van der Waals surface area contributed by atoms with Crippen molar-refractivity contribution in [1.82, 2.24) is 14.7 Å². The predicted octanol–water partition coefficient (Wildman–Crippen LogP) is 2.14. The molecule has 1 unspecified atom stereocenters. The van der Waals surface area contributed by atoms with Gasteiger partial charge in [-0.3, -0.25) is 14.4 Å². The number of likely N-dealkylation sites (tertiary alicyclic amines) is 1. The lowest BCUT2D eigenvalue weighted by molar-refractivity contribution is -0.151. The van der Waals surface area contributed by atoms with E-state index < -0.39 is 35.6 Å². The Morgan fingerprint density at radius 1 is 1.03 bits per heavy atom. The minimum Gasteiger partial charge on any atom is -0.394 e. The minimum absolute atomic E-state index is 0.139. The van der Waals surface area contributed by atoms with Crippen molar-refractivity contribution in [2.45, 2.75) is 63.4 Å². The Morgan fingerprint density at radius 3 is 2.49 bits per heavy atom. The molecule has 198 valence electrons. The third-order valence-electron chi connectivity index (χ3n) is 8.34. The molecular weight excluding hydrogens is 470 g/mol. The molecule has 4 aliphatic heterocycles. The van der Waals surface area contributed by atoms with E-state index in [-0.39, 0.29) is 24.3 Å². The van der Waals surface area contributed by atoms with Crippen LogP contribution in [0, 0.1) is 11.8 Å². The Bertz CT molecular complexity index is 1080. The highest BCUT2D eigenvalue weighted by atomic mass is 16.5. The topological polar surface area (TPSA) is 90.4 Å². The highest BCUT2D eigenvalue weighted by Crippen LogP contribution is 2.54. The SMILES string of the molecule is CCCCN1CC=C[C@]23O[C@H]4C=CCN(Cc5ccccc5)C(=O)[C@H]4[C@H]2C(=O)N([C@@H](CC)CO)C3C1=O. The summed E-state index contributed by atoms with van der Waals surface area (Å²) < 4.78 is 6.66. The summed E-state index contributed by atoms with van der Waals surface area (Å²) in [5.74, 6) is -2.16. The fourth-order valence-electron chi connectivity index (χ4n) is 6.48. The monoisotopic (exact) mass is 507 g/mol. The number of fused-ring (bicyclic) bond motifs is 2. The van der Waals surface area contributed by atoms with Crippen LogP contribution in [0.25, 0.3) is 0 Å². The van der Waals surface area contributed by atoms with E-state index in [0.29, 0.717) is 32.6 Å². The molecule has 1 N–H and O–H groups in total. The summed E-state index contributed by atoms with van der Waals surface area (Å²) in [6.07, 6.45) is 9.30. The number of nitrogens with zero attached hydrogens (tertiary/aromatic N) is 3. The number of benzene rings is 1. The van der Waals surface area contributed by atoms with E-state index >= 15 is 0 Å². The van der Waals surface area contributed by atoms with Gasteiger partial charge < -0.3 is 24.5 Å². The largest absolute Gasteiger partial charge is 0.394 e. The molecule has 37 heavy (non-hydrogen) atoms. The zero-order chi connectivity index (χ0) is 26.2. The molecule has 0 saturated carbocycles. The van der Waals surface area contributed by atoms with Crippen LogP contribution in [0.1, 0.15) is 38.7 Å². The summed E-state index contributed by atoms with van der Waals surface area (Å²) in [4.78, 5) is 47.4. The lowest BCUT2D eigenvalue weighted by Gasteiger charge is -2.38. The van der Waals surface area contributed by atoms with Crippen molar-refractivity contribution in [1.29, 1.82) is 0 Å². The van der Waals surface area contributed by atoms with Crippen molar-refractivity contribution in [2.24, 2.45) is 11.8 Å². The number of aliphatic hydroxyl groups excluding tert-OH is 1. The van der Waals surface area contributed by atoms with Crippen LogP contribution in [0.3, 0.4) is 0 Å². The van der Waals surface area contributed by atoms with Gasteiger partial charge in [-0.05, 0) is 18.4 Å². The molecule has 8 nitrogen and oxygen atoms in total. The highest BCUT2D eigenvalue weighted by molar-refractivity contribution is 6.00. The maximum Gasteiger partial charge on any atom is 0.249 e. The van der Waals surface area contributed by atoms with Gasteiger partial charge in [-0.1, -0.05) is 74.9 Å². The molecule has 2 fully saturated rings. The van der Waals surface area contributed by atoms with Crippen molar-refractivity contribution >= 4 is 17.7 Å². The van der Waals surface area contributed by atoms with Gasteiger partial charge in [0.05, 0.1) is 30.6 Å². The van der Waals surface area contributed by atoms with Gasteiger partial charge in [0, 0.05) is 26.2 Å². The molecule has 1 spiro atoms. The first-order valence-corrected chi connectivity index (χ1v) is 13.5. The molecule has 5 rings (SSSR count). The average molecular weight is 508 g/mol. The Morgan fingerprint density at radius 2 is 1.78 bits per heavy atom. The Kier molecular flexibility index (Phi) is 7.23. The number of rotatable bonds is 8. The molecule has 0 aliphatic carbocycles. The van der Waals surface area contributed by atoms with Crippen molar-refractivity contribution in [2.75, 3.05) is 26.2 Å². The number of hydrogen-bond donors (Lipinski definition) is 1. The van der Waals surface area contributed by atoms with Crippen LogP contribution in [0.5, 0.6) is 0 Å². The lowest BCUT2D eigenvalue weighted by atomic mass is 9.77. The summed E-state index contributed by atoms with van der Waals surface area (Å²) in [5, 5.41) is 10.2. The van der Waals surface area contributed by atoms with E-state index in [0.717, 1.165) is 18.4 Å². The van der Waals surface area contributed by atoms with Gasteiger partial charge >= 0.3 is 0 Å². The van der Waals surface area contributed by atoms with E-state index in [4.69, 9.17) is 4.74 Å². The Hall–Kier alpha value is -2.97. The maximum absolute atomic E-state index is 14.2. The van der Waals surface area contributed by atoms with Crippen molar-refractivity contribution in [3.05, 3.63) is 60.2 Å². The standard InChI is InChI=1S/C29H37N3O5/c1-3-5-15-30-17-10-14-29-24(27(35)32(21(4-2)19-33)25(29)28(30)36)23-22(37-29)13-9-16-31(26(23)34)18-20-11-7-6-8-12-20/h6-14,21-25,33H,3-5,15-19H2,1-2H3/t21-,22-,23+,24-,25?,29-/m0/s1. The molecule has 0 aromatic heterocycles. The third kappa shape index (κ3) is 4.20. The zero-order valence-corrected chi connectivity index (χ0v) is 21.7. The second kappa shape index (κ2) is 10.4. The number of aliphatic hydroxyl groups is 1. The Balaban J connectivity index is 1.55. The number of ether oxygens (including phenoxy) is 1. The second-order valence-corrected chi connectivity index (χ2v) is 10.5. The quantitative estimate of drug-likeness (QED) is 0.545. The maximum atomic E-state index is 14.2. The van der Waals surface area contributed by atoms with Gasteiger partial charge in [-0.25, -0.2) is 0 Å². The first-order valence-electron chi connectivity index (χ1n) is 13.5. The molecule has 2 saturated heterocycles. The molecule has 6 atom stereocenters. The average Bonchev–Trinajstić information content (AvgIpc) is 3.23. The van der Waals surface area contributed by atoms with E-state index in [2.05, 4.69) is 6.92 Å². The molecule has 8 heteroatoms. The third-order valence-corrected chi connectivity index (χ3v) is 8.34. The minimum atomic E-state index is -1.25. The second-order valence-electron chi connectivity index (χ2n) is 10.5. The van der Waals surface area contributed by atoms with E-state index in [1.165, 1.54) is 0 Å². The van der Waals surface area contributed by atoms with Gasteiger partial charge in [-0.2, -0.15) is 0 Å². The number of unbranched alkanes of at least 4 members (excludes halogenated alkanes) is 1. The number of hydrogen-bond acceptors (Lipinski definition) is 5. The van der Waals surface area contributed by atoms with Crippen molar-refractivity contribution < 1.29 is 24.2 Å². The summed E-state index contributed by atoms with van der Waals surface area (Å²) in [6.45, 7) is 5.60. The van der Waals surface area contributed by atoms with Crippen LogP contribution in [0.2, 0.25) is 0 Å². The van der Waals surface area contributed by atoms with E-state index in [9.17, 15) is 19.5 Å². The first kappa shape index (κ1) is 25.7. The van der Waals surface area contributed by atoms with Crippen molar-refractivity contribution in [3.8, 4) is 0 Å². The van der Waals surface area contributed by atoms with Crippen LogP contribution < -0.4 is 0 Å². The van der Waals surface area contributed by atoms with E-state index in [1.54, 1.807) is 14.7 Å². The van der Waals surface area contributed by atoms with Gasteiger partial charge in [0.15, 0.2) is 0 Å². The molecule has 1 aromatic carbocycles. The smallest absolute Gasteiger partial charge is 0.249 e. The molecule has 3 amide bonds. The molecule has 0 bridgehead atoms. The fourth-order valence-corrected chi connectivity index (χ4v) is 6.48. The lowest BCUT2D eigenvalue weighted by Crippen LogP contribution is -2.58. The molecule has 0 radical (unpaired) electrons. The number of carbonyl (C=O) groups excluding carboxylic acids is 3. The molecule has 4 aliphatic rings. The highest BCUT2D eigenvalue weighted by Gasteiger charge is 2.72. The van der Waals surface area contributed by atoms with Gasteiger partial charge in [0.2, 0.25) is 17.7 Å². The van der Waals surface area contributed by atoms with Crippen LogP contribution in [-0.2, 0) is 25.7 Å². The fraction of sp³-hybridized carbons (Fsp3) is 0.552. The van der Waals surface area contributed by atoms with Gasteiger partial charge in [0.25, 0.3) is 0 Å². The molecule has 4 heterocycles. The van der Waals surface area contributed by atoms with Crippen molar-refractivity contribution in [3.63, 3.8) is 0 Å². The van der Waals surface area contributed by atoms with Gasteiger partial charge in [0.1, 0.15) is 11.6 Å². The normalized spacial score (nSPS) is 31.8. The number of carbonyl (C=O) groups is 3. The summed E-state index contributed by atoms with van der Waals surface area (Å²) >= 11 is 0. The molecule has 1 aromatic rings. The van der Waals surface area contributed by atoms with Crippen LogP contribution in [0.15, 0.2) is 54.6 Å². The molecular formula is C29H37N3O5. The number of amides is 3. The van der Waals surface area contributed by atoms with Crippen LogP contribution in [-0.4, -0.2) is 87.6 Å². The van der Waals surface area contributed by atoms with Crippen LogP contribution >= 0.6 is 0 Å². The Labute approximate surface area is 218 Å². The van der Waals surface area contributed by atoms with Crippen LogP contribution in [0.4, 0.5) is 0 Å². The summed E-state index contributed by atoms with van der Waals surface area (Å²) in [7, 11) is 0. The summed E-state index contributed by atoms with van der Waals surface area (Å²) in [5.41, 5.74) is -0.237. The van der Waals surface area contributed by atoms with Gasteiger partial charge in [-0.15, -0.1) is 0 Å². The first-order chi connectivity index (χ1) is 18.0. The zero-order valence-electron chi connectivity index (χ0n) is 21.7.